The highest BCUT2D eigenvalue weighted by molar-refractivity contribution is 6.01. The first kappa shape index (κ1) is 28.5. The lowest BCUT2D eigenvalue weighted by atomic mass is 10.00. The molecule has 0 radical (unpaired) electrons. The van der Waals surface area contributed by atoms with Crippen molar-refractivity contribution in [2.75, 3.05) is 30.8 Å². The number of hydrogen-bond acceptors (Lipinski definition) is 7. The number of rotatable bonds is 5. The predicted molar refractivity (Wildman–Crippen MR) is 147 cm³/mol. The van der Waals surface area contributed by atoms with Gasteiger partial charge in [0.1, 0.15) is 11.2 Å². The zero-order valence-corrected chi connectivity index (χ0v) is 23.3. The van der Waals surface area contributed by atoms with Gasteiger partial charge in [-0.25, -0.2) is 19.6 Å². The number of alkyl halides is 3. The van der Waals surface area contributed by atoms with E-state index in [4.69, 9.17) is 9.47 Å². The molecule has 1 aliphatic heterocycles. The fraction of sp³-hybridized carbons (Fsp3) is 0.500. The number of aromatic nitrogens is 3. The topological polar surface area (TPSA) is 121 Å². The second-order valence-corrected chi connectivity index (χ2v) is 11.4. The minimum Gasteiger partial charge on any atom is -0.453 e. The van der Waals surface area contributed by atoms with Crippen LogP contribution in [0.4, 0.5) is 34.4 Å². The number of piperidine rings is 1. The van der Waals surface area contributed by atoms with Crippen molar-refractivity contribution in [2.24, 2.45) is 0 Å². The molecule has 13 heteroatoms. The van der Waals surface area contributed by atoms with E-state index in [0.717, 1.165) is 24.6 Å². The number of ether oxygens (including phenoxy) is 2. The van der Waals surface area contributed by atoms with Crippen LogP contribution in [0.15, 0.2) is 24.5 Å². The maximum atomic E-state index is 14.1. The van der Waals surface area contributed by atoms with E-state index in [1.807, 2.05) is 0 Å². The molecule has 1 atom stereocenters. The number of halogens is 3. The van der Waals surface area contributed by atoms with E-state index in [-0.39, 0.29) is 29.2 Å². The molecule has 0 spiro atoms. The molecule has 1 aromatic carbocycles. The molecular formula is C28H33F3N6O4. The van der Waals surface area contributed by atoms with Crippen LogP contribution < -0.4 is 10.6 Å². The first-order valence-corrected chi connectivity index (χ1v) is 13.5. The molecule has 1 aliphatic carbocycles. The number of aromatic amines is 1. The summed E-state index contributed by atoms with van der Waals surface area (Å²) >= 11 is 0. The van der Waals surface area contributed by atoms with Crippen molar-refractivity contribution >= 4 is 34.7 Å². The summed E-state index contributed by atoms with van der Waals surface area (Å²) in [6.45, 7) is 6.20. The third kappa shape index (κ3) is 6.33. The van der Waals surface area contributed by atoms with Gasteiger partial charge in [-0.05, 0) is 58.4 Å². The minimum absolute atomic E-state index is 0.0322. The molecule has 2 fully saturated rings. The lowest BCUT2D eigenvalue weighted by molar-refractivity contribution is -0.137. The third-order valence-corrected chi connectivity index (χ3v) is 7.06. The van der Waals surface area contributed by atoms with E-state index in [1.165, 1.54) is 13.3 Å². The molecule has 10 nitrogen and oxygen atoms in total. The maximum absolute atomic E-state index is 14.1. The van der Waals surface area contributed by atoms with Crippen molar-refractivity contribution < 1.29 is 32.2 Å². The predicted octanol–water partition coefficient (Wildman–Crippen LogP) is 6.51. The van der Waals surface area contributed by atoms with Crippen molar-refractivity contribution in [3.8, 4) is 11.3 Å². The second-order valence-electron chi connectivity index (χ2n) is 11.4. The number of nitrogens with one attached hydrogen (secondary N) is 3. The molecule has 2 aromatic heterocycles. The first-order chi connectivity index (χ1) is 19.3. The van der Waals surface area contributed by atoms with Gasteiger partial charge in [-0.3, -0.25) is 5.32 Å². The van der Waals surface area contributed by atoms with Crippen LogP contribution in [0.25, 0.3) is 22.2 Å². The Balaban J connectivity index is 1.48. The number of nitrogens with zero attached hydrogens (tertiary/aromatic N) is 3. The van der Waals surface area contributed by atoms with Crippen LogP contribution in [0.1, 0.15) is 63.5 Å². The number of fused-ring (bicyclic) bond motifs is 1. The standard InChI is InChI=1S/C28H33F3N6O4/c1-27(2,3)41-26(39)37-11-5-6-16(14-37)34-24-33-13-19(28(29,30)31)22(36-24)18-12-32-23-17(18)9-10-20(35-25(38)40-4)21(23)15-7-8-15/h9-10,12-13,15-16,32H,5-8,11,14H2,1-4H3,(H,35,38)(H,33,34,36). The molecule has 0 bridgehead atoms. The van der Waals surface area contributed by atoms with Gasteiger partial charge >= 0.3 is 18.4 Å². The fourth-order valence-electron chi connectivity index (χ4n) is 5.12. The van der Waals surface area contributed by atoms with Gasteiger partial charge in [0.25, 0.3) is 0 Å². The fourth-order valence-corrected chi connectivity index (χ4v) is 5.12. The number of H-pyrrole nitrogens is 1. The minimum atomic E-state index is -4.69. The SMILES string of the molecule is COC(=O)Nc1ccc2c(-c3nc(NC4CCCN(C(=O)OC(C)(C)C)C4)ncc3C(F)(F)F)c[nH]c2c1C1CC1. The Morgan fingerprint density at radius 3 is 2.56 bits per heavy atom. The number of methoxy groups -OCH3 is 1. The molecule has 1 saturated heterocycles. The largest absolute Gasteiger partial charge is 0.453 e. The highest BCUT2D eigenvalue weighted by atomic mass is 19.4. The Morgan fingerprint density at radius 1 is 1.15 bits per heavy atom. The summed E-state index contributed by atoms with van der Waals surface area (Å²) in [5.74, 6) is 0.200. The molecule has 3 N–H and O–H groups in total. The number of anilines is 2. The number of hydrogen-bond donors (Lipinski definition) is 3. The average Bonchev–Trinajstić information content (AvgIpc) is 3.64. The summed E-state index contributed by atoms with van der Waals surface area (Å²) in [6, 6.07) is 3.07. The van der Waals surface area contributed by atoms with Gasteiger partial charge in [-0.1, -0.05) is 6.07 Å². The summed E-state index contributed by atoms with van der Waals surface area (Å²) in [6.07, 6.45) is -0.285. The summed E-state index contributed by atoms with van der Waals surface area (Å²) in [5.41, 5.74) is 0.403. The van der Waals surface area contributed by atoms with Crippen LogP contribution in [0.3, 0.4) is 0 Å². The van der Waals surface area contributed by atoms with E-state index in [9.17, 15) is 22.8 Å². The van der Waals surface area contributed by atoms with E-state index < -0.39 is 29.5 Å². The maximum Gasteiger partial charge on any atom is 0.419 e. The number of likely N-dealkylation sites (tertiary alicyclic amines) is 1. The molecule has 3 aromatic rings. The number of benzene rings is 1. The zero-order chi connectivity index (χ0) is 29.5. The Hall–Kier alpha value is -4.03. The van der Waals surface area contributed by atoms with Crippen LogP contribution in [0.5, 0.6) is 0 Å². The van der Waals surface area contributed by atoms with E-state index in [1.54, 1.807) is 37.8 Å². The summed E-state index contributed by atoms with van der Waals surface area (Å²) in [7, 11) is 1.26. The summed E-state index contributed by atoms with van der Waals surface area (Å²) < 4.78 is 52.6. The number of amides is 2. The Bertz CT molecular complexity index is 1460. The van der Waals surface area contributed by atoms with Gasteiger partial charge < -0.3 is 24.7 Å². The normalized spacial score (nSPS) is 17.8. The lowest BCUT2D eigenvalue weighted by Gasteiger charge is -2.34. The molecule has 5 rings (SSSR count). The van der Waals surface area contributed by atoms with Gasteiger partial charge in [-0.15, -0.1) is 0 Å². The zero-order valence-electron chi connectivity index (χ0n) is 23.3. The molecule has 41 heavy (non-hydrogen) atoms. The van der Waals surface area contributed by atoms with Crippen LogP contribution >= 0.6 is 0 Å². The number of carbonyl (C=O) groups excluding carboxylic acids is 2. The van der Waals surface area contributed by atoms with Gasteiger partial charge in [0.15, 0.2) is 0 Å². The first-order valence-electron chi connectivity index (χ1n) is 13.5. The lowest BCUT2D eigenvalue weighted by Crippen LogP contribution is -2.47. The van der Waals surface area contributed by atoms with E-state index in [0.29, 0.717) is 42.5 Å². The molecule has 1 unspecified atom stereocenters. The smallest absolute Gasteiger partial charge is 0.419 e. The molecule has 2 amide bonds. The monoisotopic (exact) mass is 574 g/mol. The van der Waals surface area contributed by atoms with Crippen LogP contribution in [-0.4, -0.2) is 63.9 Å². The molecular weight excluding hydrogens is 541 g/mol. The summed E-state index contributed by atoms with van der Waals surface area (Å²) in [5, 5.41) is 6.37. The van der Waals surface area contributed by atoms with Crippen molar-refractivity contribution in [1.29, 1.82) is 0 Å². The molecule has 1 saturated carbocycles. The van der Waals surface area contributed by atoms with Crippen LogP contribution in [0.2, 0.25) is 0 Å². The Labute approximate surface area is 235 Å². The van der Waals surface area contributed by atoms with Crippen molar-refractivity contribution in [2.45, 2.75) is 70.2 Å². The van der Waals surface area contributed by atoms with E-state index in [2.05, 4.69) is 25.6 Å². The van der Waals surface area contributed by atoms with Gasteiger partial charge in [0.2, 0.25) is 5.95 Å². The molecule has 220 valence electrons. The number of carbonyl (C=O) groups is 2. The van der Waals surface area contributed by atoms with Crippen molar-refractivity contribution in [3.63, 3.8) is 0 Å². The Kier molecular flexibility index (Phi) is 7.47. The highest BCUT2D eigenvalue weighted by Gasteiger charge is 2.37. The summed E-state index contributed by atoms with van der Waals surface area (Å²) in [4.78, 5) is 37.5. The quantitative estimate of drug-likeness (QED) is 0.318. The molecule has 2 aliphatic rings. The van der Waals surface area contributed by atoms with Gasteiger partial charge in [0, 0.05) is 53.7 Å². The third-order valence-electron chi connectivity index (χ3n) is 7.06. The average molecular weight is 575 g/mol. The van der Waals surface area contributed by atoms with Gasteiger partial charge in [0.05, 0.1) is 18.3 Å². The van der Waals surface area contributed by atoms with Crippen molar-refractivity contribution in [1.82, 2.24) is 19.9 Å². The van der Waals surface area contributed by atoms with Crippen molar-refractivity contribution in [3.05, 3.63) is 35.7 Å². The Morgan fingerprint density at radius 2 is 1.90 bits per heavy atom. The van der Waals surface area contributed by atoms with E-state index >= 15 is 0 Å². The van der Waals surface area contributed by atoms with Crippen LogP contribution in [-0.2, 0) is 15.7 Å². The second kappa shape index (κ2) is 10.7. The highest BCUT2D eigenvalue weighted by Crippen LogP contribution is 2.48. The van der Waals surface area contributed by atoms with Gasteiger partial charge in [-0.2, -0.15) is 13.2 Å². The molecule has 3 heterocycles. The van der Waals surface area contributed by atoms with Crippen LogP contribution in [0, 0.1) is 0 Å².